The summed E-state index contributed by atoms with van der Waals surface area (Å²) in [6.45, 7) is 15.0. The molecule has 0 unspecified atom stereocenters. The number of carbonyl (C=O) groups excluding carboxylic acids is 1. The van der Waals surface area contributed by atoms with Gasteiger partial charge in [-0.15, -0.1) is 0 Å². The number of aromatic hydroxyl groups is 1. The largest absolute Gasteiger partial charge is 0.507 e. The molecule has 14 heteroatoms. The first-order valence-electron chi connectivity index (χ1n) is 22.4. The average Bonchev–Trinajstić information content (AvgIpc) is 3.51. The van der Waals surface area contributed by atoms with Crippen LogP contribution in [0.2, 0.25) is 0 Å². The van der Waals surface area contributed by atoms with E-state index in [2.05, 4.69) is 48.9 Å². The molecule has 4 aromatic carbocycles. The molecule has 0 saturated heterocycles. The predicted molar refractivity (Wildman–Crippen MR) is 267 cm³/mol. The SMILES string of the molecule is C=C(/C=C/C=C/C=C1\N(CCCCCC(=O)NCc2c(O)ccc3c(-c4ccc(C(=O)O)cc4C(=O)O)c4ccc(=O)cc-4oc23)c2ccccc2C1(C)C)C(C)(C)c1cc(S(=O)(=O)O)ccc1C. The molecule has 0 saturated carbocycles. The van der Waals surface area contributed by atoms with Crippen LogP contribution in [0.5, 0.6) is 5.75 Å². The lowest BCUT2D eigenvalue weighted by Crippen LogP contribution is -2.27. The summed E-state index contributed by atoms with van der Waals surface area (Å²) < 4.78 is 39.6. The molecule has 0 spiro atoms. The molecular formula is C55H54N2O11S. The number of carbonyl (C=O) groups is 3. The Morgan fingerprint density at radius 1 is 0.870 bits per heavy atom. The lowest BCUT2D eigenvalue weighted by atomic mass is 9.76. The first-order valence-corrected chi connectivity index (χ1v) is 23.8. The van der Waals surface area contributed by atoms with Gasteiger partial charge >= 0.3 is 11.9 Å². The number of anilines is 1. The smallest absolute Gasteiger partial charge is 0.336 e. The molecule has 2 aliphatic heterocycles. The minimum atomic E-state index is -4.37. The summed E-state index contributed by atoms with van der Waals surface area (Å²) in [7, 11) is -4.37. The molecule has 0 bridgehead atoms. The normalized spacial score (nSPS) is 14.3. The number of carboxylic acid groups (broad SMARTS) is 2. The van der Waals surface area contributed by atoms with Crippen molar-refractivity contribution in [3.8, 4) is 28.2 Å². The summed E-state index contributed by atoms with van der Waals surface area (Å²) in [5.74, 6) is -3.00. The van der Waals surface area contributed by atoms with Crippen molar-refractivity contribution in [3.63, 3.8) is 0 Å². The monoisotopic (exact) mass is 950 g/mol. The highest BCUT2D eigenvalue weighted by Gasteiger charge is 2.39. The van der Waals surface area contributed by atoms with E-state index >= 15 is 0 Å². The molecule has 0 fully saturated rings. The van der Waals surface area contributed by atoms with Gasteiger partial charge in [0.15, 0.2) is 5.43 Å². The van der Waals surface area contributed by atoms with Gasteiger partial charge in [-0.05, 0) is 108 Å². The molecule has 4 aromatic rings. The van der Waals surface area contributed by atoms with Gasteiger partial charge in [0.25, 0.3) is 10.1 Å². The Kier molecular flexibility index (Phi) is 14.0. The first kappa shape index (κ1) is 49.4. The number of phenols is 1. The number of aromatic carboxylic acids is 2. The van der Waals surface area contributed by atoms with E-state index in [0.717, 1.165) is 47.0 Å². The van der Waals surface area contributed by atoms with Gasteiger partial charge in [0.2, 0.25) is 5.91 Å². The van der Waals surface area contributed by atoms with E-state index in [4.69, 9.17) is 4.42 Å². The van der Waals surface area contributed by atoms with Crippen LogP contribution in [-0.2, 0) is 32.3 Å². The van der Waals surface area contributed by atoms with Crippen LogP contribution in [0, 0.1) is 6.92 Å². The molecule has 1 aliphatic carbocycles. The van der Waals surface area contributed by atoms with Crippen LogP contribution in [0.1, 0.15) is 96.3 Å². The van der Waals surface area contributed by atoms with Gasteiger partial charge < -0.3 is 30.0 Å². The van der Waals surface area contributed by atoms with Gasteiger partial charge in [0, 0.05) is 57.8 Å². The Balaban J connectivity index is 1.02. The van der Waals surface area contributed by atoms with Gasteiger partial charge in [0.1, 0.15) is 17.1 Å². The lowest BCUT2D eigenvalue weighted by Gasteiger charge is -2.28. The van der Waals surface area contributed by atoms with Gasteiger partial charge in [-0.2, -0.15) is 8.42 Å². The number of amides is 1. The fourth-order valence-electron chi connectivity index (χ4n) is 9.10. The van der Waals surface area contributed by atoms with E-state index < -0.39 is 27.5 Å². The minimum Gasteiger partial charge on any atom is -0.507 e. The molecule has 13 nitrogen and oxygen atoms in total. The second kappa shape index (κ2) is 19.6. The number of aryl methyl sites for hydroxylation is 1. The number of hydrogen-bond acceptors (Lipinski definition) is 9. The minimum absolute atomic E-state index is 0.111. The number of unbranched alkanes of at least 4 members (excludes halogenated alkanes) is 2. The number of rotatable bonds is 17. The zero-order chi connectivity index (χ0) is 50.0. The second-order valence-electron chi connectivity index (χ2n) is 18.2. The molecule has 2 heterocycles. The van der Waals surface area contributed by atoms with Crippen molar-refractivity contribution in [1.82, 2.24) is 5.32 Å². The van der Waals surface area contributed by atoms with Gasteiger partial charge in [-0.25, -0.2) is 9.59 Å². The summed E-state index contributed by atoms with van der Waals surface area (Å²) in [5, 5.41) is 34.0. The molecule has 5 N–H and O–H groups in total. The van der Waals surface area contributed by atoms with Crippen molar-refractivity contribution in [2.45, 2.75) is 82.6 Å². The molecule has 0 aromatic heterocycles. The van der Waals surface area contributed by atoms with Crippen LogP contribution in [0.15, 0.2) is 153 Å². The third kappa shape index (κ3) is 10.2. The Labute approximate surface area is 400 Å². The topological polar surface area (TPSA) is 212 Å². The fraction of sp³-hybridized carbons (Fsp3) is 0.236. The average molecular weight is 951 g/mol. The van der Waals surface area contributed by atoms with Crippen molar-refractivity contribution < 1.29 is 47.1 Å². The standard InChI is InChI=1S/C55H54N2O11S/c1-33-20-23-37(69(65,66)67)31-44(33)54(3,4)34(2)15-9-7-10-18-48-55(5,6)43-16-12-13-17-45(43)57(48)28-14-8-11-19-49(60)56-32-42-46(59)27-26-40-50(39-25-22-36(58)30-47(39)68-51(40)42)38-24-21-35(52(61)62)29-41(38)53(63)64/h7,9-10,12-13,15-18,20-27,29-31,59H,2,8,11,14,19,28,32H2,1,3-6H3,(H,56,60)(H,61,62)(H,63,64)(H,65,66,67)/b10-7+,15-9+,48-18-. The second-order valence-corrected chi connectivity index (χ2v) is 19.6. The van der Waals surface area contributed by atoms with Crippen molar-refractivity contribution in [3.05, 3.63) is 183 Å². The summed E-state index contributed by atoms with van der Waals surface area (Å²) in [5.41, 5.74) is 5.28. The maximum absolute atomic E-state index is 13.3. The van der Waals surface area contributed by atoms with Crippen molar-refractivity contribution in [2.75, 3.05) is 11.4 Å². The highest BCUT2D eigenvalue weighted by molar-refractivity contribution is 7.85. The van der Waals surface area contributed by atoms with E-state index in [9.17, 15) is 47.5 Å². The maximum Gasteiger partial charge on any atom is 0.336 e. The highest BCUT2D eigenvalue weighted by atomic mass is 32.2. The quantitative estimate of drug-likeness (QED) is 0.0250. The van der Waals surface area contributed by atoms with Gasteiger partial charge in [-0.1, -0.05) is 95.3 Å². The van der Waals surface area contributed by atoms with E-state index in [1.54, 1.807) is 12.1 Å². The van der Waals surface area contributed by atoms with Crippen LogP contribution >= 0.6 is 0 Å². The number of nitrogens with one attached hydrogen (secondary N) is 1. The Morgan fingerprint density at radius 3 is 2.33 bits per heavy atom. The van der Waals surface area contributed by atoms with Crippen molar-refractivity contribution in [1.29, 1.82) is 0 Å². The number of phenolic OH excluding ortho intramolecular Hbond substituents is 1. The molecule has 1 amide bonds. The number of allylic oxidation sites excluding steroid dienone is 7. The van der Waals surface area contributed by atoms with Gasteiger partial charge in [-0.3, -0.25) is 14.1 Å². The Morgan fingerprint density at radius 2 is 1.61 bits per heavy atom. The van der Waals surface area contributed by atoms with Crippen molar-refractivity contribution in [2.24, 2.45) is 0 Å². The predicted octanol–water partition coefficient (Wildman–Crippen LogP) is 10.7. The highest BCUT2D eigenvalue weighted by Crippen LogP contribution is 2.48. The number of carboxylic acids is 2. The van der Waals surface area contributed by atoms with E-state index in [0.29, 0.717) is 29.5 Å². The van der Waals surface area contributed by atoms with E-state index in [1.165, 1.54) is 54.1 Å². The molecular weight excluding hydrogens is 897 g/mol. The number of nitrogens with zero attached hydrogens (tertiary/aromatic N) is 1. The van der Waals surface area contributed by atoms with Crippen molar-refractivity contribution >= 4 is 44.6 Å². The third-order valence-electron chi connectivity index (χ3n) is 13.0. The van der Waals surface area contributed by atoms with Crippen LogP contribution in [-0.4, -0.2) is 52.7 Å². The summed E-state index contributed by atoms with van der Waals surface area (Å²) in [4.78, 5) is 52.1. The lowest BCUT2D eigenvalue weighted by molar-refractivity contribution is -0.121. The molecule has 0 radical (unpaired) electrons. The third-order valence-corrected chi connectivity index (χ3v) is 13.9. The molecule has 356 valence electrons. The van der Waals surface area contributed by atoms with Gasteiger partial charge in [0.05, 0.1) is 28.1 Å². The fourth-order valence-corrected chi connectivity index (χ4v) is 9.61. The number of hydrogen-bond donors (Lipinski definition) is 5. The molecule has 0 atom stereocenters. The number of para-hydroxylation sites is 1. The summed E-state index contributed by atoms with van der Waals surface area (Å²) in [6, 6.07) is 23.6. The molecule has 7 rings (SSSR count). The molecule has 69 heavy (non-hydrogen) atoms. The zero-order valence-electron chi connectivity index (χ0n) is 39.0. The first-order chi connectivity index (χ1) is 32.6. The summed E-state index contributed by atoms with van der Waals surface area (Å²) >= 11 is 0. The number of fused-ring (bicyclic) bond motifs is 3. The van der Waals surface area contributed by atoms with Crippen LogP contribution < -0.4 is 15.6 Å². The van der Waals surface area contributed by atoms with Crippen LogP contribution in [0.4, 0.5) is 5.69 Å². The Hall–Kier alpha value is -7.55. The Bertz CT molecular complexity index is 3280. The molecule has 3 aliphatic rings. The van der Waals surface area contributed by atoms with Crippen LogP contribution in [0.25, 0.3) is 33.4 Å². The van der Waals surface area contributed by atoms with E-state index in [1.807, 2.05) is 57.2 Å². The summed E-state index contributed by atoms with van der Waals surface area (Å²) in [6.07, 6.45) is 12.1. The van der Waals surface area contributed by atoms with E-state index in [-0.39, 0.29) is 74.0 Å². The maximum atomic E-state index is 13.3. The zero-order valence-corrected chi connectivity index (χ0v) is 39.8. The van der Waals surface area contributed by atoms with Crippen LogP contribution in [0.3, 0.4) is 0 Å². The number of benzene rings is 5.